The average molecular weight is 426 g/mol. The number of benzene rings is 1. The number of amides is 4. The SMILES string of the molecule is Cc1nc2ccccc2n1CCNC(=O)CN1C(=O)N[C@@]2(C[C@H](C)CC(C)(C)C2)C1=O. The molecule has 31 heavy (non-hydrogen) atoms. The Morgan fingerprint density at radius 2 is 2.00 bits per heavy atom. The van der Waals surface area contributed by atoms with Crippen molar-refractivity contribution in [1.82, 2.24) is 25.1 Å². The Hall–Kier alpha value is -2.90. The lowest BCUT2D eigenvalue weighted by molar-refractivity contribution is -0.137. The van der Waals surface area contributed by atoms with E-state index in [1.807, 2.05) is 35.8 Å². The fraction of sp³-hybridized carbons (Fsp3) is 0.565. The number of hydrogen-bond acceptors (Lipinski definition) is 4. The van der Waals surface area contributed by atoms with Gasteiger partial charge in [-0.15, -0.1) is 0 Å². The fourth-order valence-corrected chi connectivity index (χ4v) is 5.63. The number of carbonyl (C=O) groups excluding carboxylic acids is 3. The van der Waals surface area contributed by atoms with E-state index in [1.165, 1.54) is 0 Å². The molecule has 1 aliphatic carbocycles. The van der Waals surface area contributed by atoms with Gasteiger partial charge in [-0.1, -0.05) is 32.9 Å². The van der Waals surface area contributed by atoms with Gasteiger partial charge in [0.1, 0.15) is 17.9 Å². The molecule has 2 aliphatic rings. The first-order valence-corrected chi connectivity index (χ1v) is 10.9. The summed E-state index contributed by atoms with van der Waals surface area (Å²) in [4.78, 5) is 43.8. The predicted octanol–water partition coefficient (Wildman–Crippen LogP) is 2.60. The average Bonchev–Trinajstić information content (AvgIpc) is 3.09. The van der Waals surface area contributed by atoms with Gasteiger partial charge in [-0.2, -0.15) is 0 Å². The van der Waals surface area contributed by atoms with Crippen LogP contribution in [0.2, 0.25) is 0 Å². The van der Waals surface area contributed by atoms with Crippen LogP contribution in [0.1, 0.15) is 45.9 Å². The molecule has 0 unspecified atom stereocenters. The first-order chi connectivity index (χ1) is 14.6. The van der Waals surface area contributed by atoms with Crippen LogP contribution in [-0.2, 0) is 16.1 Å². The van der Waals surface area contributed by atoms with E-state index in [9.17, 15) is 14.4 Å². The summed E-state index contributed by atoms with van der Waals surface area (Å²) < 4.78 is 2.05. The Kier molecular flexibility index (Phi) is 5.27. The van der Waals surface area contributed by atoms with Gasteiger partial charge in [0, 0.05) is 13.1 Å². The second-order valence-corrected chi connectivity index (χ2v) is 9.91. The van der Waals surface area contributed by atoms with Crippen molar-refractivity contribution in [3.8, 4) is 0 Å². The Balaban J connectivity index is 1.37. The van der Waals surface area contributed by atoms with Crippen molar-refractivity contribution in [2.45, 2.75) is 59.0 Å². The van der Waals surface area contributed by atoms with Gasteiger partial charge in [-0.25, -0.2) is 9.78 Å². The molecule has 0 bridgehead atoms. The highest BCUT2D eigenvalue weighted by Gasteiger charge is 2.56. The summed E-state index contributed by atoms with van der Waals surface area (Å²) in [5.74, 6) is 0.588. The summed E-state index contributed by atoms with van der Waals surface area (Å²) >= 11 is 0. The fourth-order valence-electron chi connectivity index (χ4n) is 5.63. The molecule has 0 radical (unpaired) electrons. The van der Waals surface area contributed by atoms with Gasteiger partial charge in [0.05, 0.1) is 11.0 Å². The summed E-state index contributed by atoms with van der Waals surface area (Å²) in [5.41, 5.74) is 1.01. The number of aromatic nitrogens is 2. The van der Waals surface area contributed by atoms with E-state index in [4.69, 9.17) is 0 Å². The number of para-hydroxylation sites is 2. The monoisotopic (exact) mass is 425 g/mol. The summed E-state index contributed by atoms with van der Waals surface area (Å²) in [6.45, 7) is 8.99. The maximum absolute atomic E-state index is 13.2. The summed E-state index contributed by atoms with van der Waals surface area (Å²) in [5, 5.41) is 5.75. The van der Waals surface area contributed by atoms with E-state index in [2.05, 4.69) is 36.4 Å². The summed E-state index contributed by atoms with van der Waals surface area (Å²) in [6, 6.07) is 7.38. The highest BCUT2D eigenvalue weighted by Crippen LogP contribution is 2.46. The van der Waals surface area contributed by atoms with Gasteiger partial charge in [0.2, 0.25) is 5.91 Å². The van der Waals surface area contributed by atoms with Crippen LogP contribution >= 0.6 is 0 Å². The third-order valence-electron chi connectivity index (χ3n) is 6.43. The number of urea groups is 1. The first kappa shape index (κ1) is 21.3. The molecule has 1 saturated heterocycles. The lowest BCUT2D eigenvalue weighted by Gasteiger charge is -2.43. The number of imidazole rings is 1. The molecule has 2 heterocycles. The van der Waals surface area contributed by atoms with E-state index in [0.717, 1.165) is 28.2 Å². The zero-order valence-electron chi connectivity index (χ0n) is 18.7. The van der Waals surface area contributed by atoms with E-state index in [-0.39, 0.29) is 23.8 Å². The van der Waals surface area contributed by atoms with Crippen LogP contribution in [-0.4, -0.2) is 50.9 Å². The molecule has 4 amide bonds. The normalized spacial score (nSPS) is 25.3. The van der Waals surface area contributed by atoms with Gasteiger partial charge in [-0.3, -0.25) is 14.5 Å². The molecule has 4 rings (SSSR count). The first-order valence-electron chi connectivity index (χ1n) is 10.9. The lowest BCUT2D eigenvalue weighted by Crippen LogP contribution is -2.54. The van der Waals surface area contributed by atoms with Crippen molar-refractivity contribution < 1.29 is 14.4 Å². The number of hydrogen-bond donors (Lipinski definition) is 2. The largest absolute Gasteiger partial charge is 0.353 e. The number of rotatable bonds is 5. The van der Waals surface area contributed by atoms with Gasteiger partial charge in [0.25, 0.3) is 5.91 Å². The Bertz CT molecular complexity index is 1040. The molecule has 8 heteroatoms. The lowest BCUT2D eigenvalue weighted by atomic mass is 9.64. The minimum Gasteiger partial charge on any atom is -0.353 e. The van der Waals surface area contributed by atoms with Crippen molar-refractivity contribution in [3.05, 3.63) is 30.1 Å². The number of fused-ring (bicyclic) bond motifs is 1. The van der Waals surface area contributed by atoms with Crippen LogP contribution in [0, 0.1) is 18.3 Å². The predicted molar refractivity (Wildman–Crippen MR) is 117 cm³/mol. The Labute approximate surface area is 182 Å². The van der Waals surface area contributed by atoms with Crippen LogP contribution in [0.3, 0.4) is 0 Å². The third kappa shape index (κ3) is 4.03. The number of aryl methyl sites for hydroxylation is 1. The number of carbonyl (C=O) groups is 3. The molecule has 2 aromatic rings. The molecule has 1 saturated carbocycles. The van der Waals surface area contributed by atoms with Crippen LogP contribution in [0.25, 0.3) is 11.0 Å². The molecule has 2 fully saturated rings. The van der Waals surface area contributed by atoms with Crippen molar-refractivity contribution in [2.24, 2.45) is 11.3 Å². The van der Waals surface area contributed by atoms with Crippen molar-refractivity contribution in [1.29, 1.82) is 0 Å². The van der Waals surface area contributed by atoms with Crippen molar-refractivity contribution in [2.75, 3.05) is 13.1 Å². The molecular weight excluding hydrogens is 394 g/mol. The standard InChI is InChI=1S/C23H31N5O3/c1-15-11-22(3,4)14-23(12-15)20(30)28(21(31)26-23)13-19(29)24-9-10-27-16(2)25-17-7-5-6-8-18(17)27/h5-8,15H,9-14H2,1-4H3,(H,24,29)(H,26,31)/t15-,23-/m1/s1. The molecular formula is C23H31N5O3. The molecule has 8 nitrogen and oxygen atoms in total. The van der Waals surface area contributed by atoms with Gasteiger partial charge in [-0.05, 0) is 49.7 Å². The topological polar surface area (TPSA) is 96.3 Å². The quantitative estimate of drug-likeness (QED) is 0.720. The number of imide groups is 1. The molecule has 1 spiro atoms. The second-order valence-electron chi connectivity index (χ2n) is 9.91. The zero-order chi connectivity index (χ0) is 22.4. The molecule has 166 valence electrons. The minimum absolute atomic E-state index is 0.0374. The second kappa shape index (κ2) is 7.66. The van der Waals surface area contributed by atoms with Gasteiger partial charge >= 0.3 is 6.03 Å². The van der Waals surface area contributed by atoms with Crippen molar-refractivity contribution in [3.63, 3.8) is 0 Å². The Morgan fingerprint density at radius 3 is 2.74 bits per heavy atom. The van der Waals surface area contributed by atoms with E-state index in [1.54, 1.807) is 0 Å². The summed E-state index contributed by atoms with van der Waals surface area (Å²) in [7, 11) is 0. The molecule has 2 atom stereocenters. The Morgan fingerprint density at radius 1 is 1.26 bits per heavy atom. The van der Waals surface area contributed by atoms with Crippen LogP contribution in [0.5, 0.6) is 0 Å². The number of nitrogens with one attached hydrogen (secondary N) is 2. The zero-order valence-corrected chi connectivity index (χ0v) is 18.7. The number of nitrogens with zero attached hydrogens (tertiary/aromatic N) is 3. The molecule has 1 aliphatic heterocycles. The molecule has 2 N–H and O–H groups in total. The van der Waals surface area contributed by atoms with Gasteiger partial charge < -0.3 is 15.2 Å². The highest BCUT2D eigenvalue weighted by atomic mass is 16.2. The van der Waals surface area contributed by atoms with Crippen molar-refractivity contribution >= 4 is 28.9 Å². The van der Waals surface area contributed by atoms with Crippen LogP contribution in [0.4, 0.5) is 4.79 Å². The highest BCUT2D eigenvalue weighted by molar-refractivity contribution is 6.09. The maximum atomic E-state index is 13.2. The van der Waals surface area contributed by atoms with Gasteiger partial charge in [0.15, 0.2) is 0 Å². The van der Waals surface area contributed by atoms with E-state index >= 15 is 0 Å². The smallest absolute Gasteiger partial charge is 0.325 e. The third-order valence-corrected chi connectivity index (χ3v) is 6.43. The van der Waals surface area contributed by atoms with E-state index in [0.29, 0.717) is 31.8 Å². The van der Waals surface area contributed by atoms with E-state index < -0.39 is 11.6 Å². The van der Waals surface area contributed by atoms with Crippen LogP contribution < -0.4 is 10.6 Å². The summed E-state index contributed by atoms with van der Waals surface area (Å²) in [6.07, 6.45) is 2.23. The molecule has 1 aromatic carbocycles. The van der Waals surface area contributed by atoms with Crippen LogP contribution in [0.15, 0.2) is 24.3 Å². The maximum Gasteiger partial charge on any atom is 0.325 e. The molecule has 1 aromatic heterocycles. The minimum atomic E-state index is -0.884.